The summed E-state index contributed by atoms with van der Waals surface area (Å²) in [7, 11) is -2.10. The van der Waals surface area contributed by atoms with E-state index in [4.69, 9.17) is 20.7 Å². The Morgan fingerprint density at radius 3 is 2.26 bits per heavy atom. The number of terminal acetylenes is 1. The number of esters is 1. The van der Waals surface area contributed by atoms with Crippen LogP contribution in [0, 0.1) is 18.2 Å². The molecule has 6 nitrogen and oxygen atoms in total. The average Bonchev–Trinajstić information content (AvgIpc) is 2.85. The average molecular weight is 495 g/mol. The molecule has 1 aromatic heterocycles. The minimum Gasteiger partial charge on any atom is -0.422 e. The van der Waals surface area contributed by atoms with Crippen LogP contribution in [0.3, 0.4) is 0 Å². The molecule has 0 fully saturated rings. The Kier molecular flexibility index (Phi) is 8.24. The number of aromatic nitrogens is 1. The van der Waals surface area contributed by atoms with Crippen LogP contribution in [0.2, 0.25) is 0 Å². The predicted molar refractivity (Wildman–Crippen MR) is 134 cm³/mol. The van der Waals surface area contributed by atoms with Crippen LogP contribution >= 0.6 is 8.03 Å². The molecule has 2 aromatic carbocycles. The highest BCUT2D eigenvalue weighted by atomic mass is 31.1. The second kappa shape index (κ2) is 11.0. The third-order valence-corrected chi connectivity index (χ3v) is 7.47. The number of hydrogen-bond acceptors (Lipinski definition) is 6. The number of halogens is 1. The first-order valence-corrected chi connectivity index (χ1v) is 12.3. The molecule has 35 heavy (non-hydrogen) atoms. The lowest BCUT2D eigenvalue weighted by atomic mass is 9.96. The van der Waals surface area contributed by atoms with Gasteiger partial charge in [-0.05, 0) is 43.2 Å². The van der Waals surface area contributed by atoms with Gasteiger partial charge in [-0.3, -0.25) is 4.57 Å². The lowest BCUT2D eigenvalue weighted by Crippen LogP contribution is -2.46. The zero-order valence-electron chi connectivity index (χ0n) is 19.9. The molecule has 0 radical (unpaired) electrons. The first-order valence-electron chi connectivity index (χ1n) is 11.0. The van der Waals surface area contributed by atoms with Crippen molar-refractivity contribution in [2.45, 2.75) is 37.9 Å². The minimum absolute atomic E-state index is 0.0856. The molecule has 1 heterocycles. The van der Waals surface area contributed by atoms with Gasteiger partial charge in [-0.15, -0.1) is 6.42 Å². The second-order valence-electron chi connectivity index (χ2n) is 8.31. The summed E-state index contributed by atoms with van der Waals surface area (Å²) in [6, 6.07) is 16.8. The molecule has 0 bridgehead atoms. The van der Waals surface area contributed by atoms with Gasteiger partial charge in [0, 0.05) is 23.8 Å². The van der Waals surface area contributed by atoms with Gasteiger partial charge >= 0.3 is 5.97 Å². The van der Waals surface area contributed by atoms with Crippen LogP contribution in [-0.4, -0.2) is 34.4 Å². The fraction of sp³-hybridized carbons (Fsp3) is 0.259. The molecule has 0 aliphatic rings. The third kappa shape index (κ3) is 5.21. The molecular formula is C27H27FNO5P. The van der Waals surface area contributed by atoms with E-state index in [9.17, 15) is 18.9 Å². The molecule has 182 valence electrons. The van der Waals surface area contributed by atoms with Crippen molar-refractivity contribution in [2.24, 2.45) is 0 Å². The summed E-state index contributed by atoms with van der Waals surface area (Å²) in [5.41, 5.74) is 2.86. The van der Waals surface area contributed by atoms with E-state index in [1.807, 2.05) is 44.2 Å². The molecule has 8 heteroatoms. The smallest absolute Gasteiger partial charge is 0.342 e. The van der Waals surface area contributed by atoms with E-state index < -0.39 is 31.1 Å². The first-order chi connectivity index (χ1) is 16.6. The summed E-state index contributed by atoms with van der Waals surface area (Å²) in [5, 5.41) is 8.14. The molecule has 0 aliphatic carbocycles. The number of ether oxygens (including phenoxy) is 1. The van der Waals surface area contributed by atoms with Crippen LogP contribution in [0.1, 0.15) is 32.3 Å². The highest BCUT2D eigenvalue weighted by Gasteiger charge is 2.50. The third-order valence-electron chi connectivity index (χ3n) is 5.69. The van der Waals surface area contributed by atoms with Crippen LogP contribution in [0.5, 0.6) is 5.75 Å². The summed E-state index contributed by atoms with van der Waals surface area (Å²) in [6.07, 6.45) is 4.07. The van der Waals surface area contributed by atoms with E-state index >= 15 is 0 Å². The Morgan fingerprint density at radius 2 is 1.74 bits per heavy atom. The van der Waals surface area contributed by atoms with Crippen molar-refractivity contribution >= 4 is 14.0 Å². The SMILES string of the molecule is C#CC(C(=O)Oc1c(C(C)C)cc(-c2ccccc2)nc1-c1ccc(F)cc1)(C(C)O)[PH](=O)OC. The Balaban J connectivity index is 2.28. The van der Waals surface area contributed by atoms with Gasteiger partial charge in [0.05, 0.1) is 11.8 Å². The lowest BCUT2D eigenvalue weighted by molar-refractivity contribution is -0.138. The van der Waals surface area contributed by atoms with Gasteiger partial charge in [0.25, 0.3) is 0 Å². The second-order valence-corrected chi connectivity index (χ2v) is 10.1. The quantitative estimate of drug-likeness (QED) is 0.254. The predicted octanol–water partition coefficient (Wildman–Crippen LogP) is 5.46. The molecule has 0 saturated heterocycles. The molecule has 3 aromatic rings. The monoisotopic (exact) mass is 495 g/mol. The van der Waals surface area contributed by atoms with Crippen molar-refractivity contribution in [3.8, 4) is 40.6 Å². The highest BCUT2D eigenvalue weighted by Crippen LogP contribution is 2.45. The van der Waals surface area contributed by atoms with E-state index in [-0.39, 0.29) is 17.4 Å². The number of nitrogens with zero attached hydrogens (tertiary/aromatic N) is 1. The van der Waals surface area contributed by atoms with Crippen LogP contribution in [0.4, 0.5) is 4.39 Å². The molecule has 0 aliphatic heterocycles. The minimum atomic E-state index is -3.24. The number of rotatable bonds is 8. The van der Waals surface area contributed by atoms with E-state index in [1.165, 1.54) is 31.2 Å². The molecule has 0 spiro atoms. The molecule has 3 atom stereocenters. The molecule has 0 amide bonds. The zero-order valence-corrected chi connectivity index (χ0v) is 20.9. The summed E-state index contributed by atoms with van der Waals surface area (Å²) < 4.78 is 37.1. The number of benzene rings is 2. The van der Waals surface area contributed by atoms with Crippen LogP contribution in [-0.2, 0) is 13.9 Å². The van der Waals surface area contributed by atoms with Gasteiger partial charge in [-0.25, -0.2) is 14.2 Å². The van der Waals surface area contributed by atoms with Gasteiger partial charge in [-0.1, -0.05) is 50.1 Å². The maximum absolute atomic E-state index is 13.7. The number of aliphatic hydroxyl groups is 1. The molecule has 3 unspecified atom stereocenters. The summed E-state index contributed by atoms with van der Waals surface area (Å²) in [5.74, 6) is 0.574. The van der Waals surface area contributed by atoms with E-state index in [2.05, 4.69) is 5.92 Å². The van der Waals surface area contributed by atoms with Gasteiger partial charge in [0.2, 0.25) is 13.2 Å². The van der Waals surface area contributed by atoms with Crippen LogP contribution in [0.25, 0.3) is 22.5 Å². The van der Waals surface area contributed by atoms with Crippen LogP contribution < -0.4 is 4.74 Å². The van der Waals surface area contributed by atoms with E-state index in [1.54, 1.807) is 6.07 Å². The topological polar surface area (TPSA) is 85.7 Å². The van der Waals surface area contributed by atoms with Gasteiger partial charge in [0.1, 0.15) is 11.5 Å². The fourth-order valence-corrected chi connectivity index (χ4v) is 4.65. The van der Waals surface area contributed by atoms with Crippen LogP contribution in [0.15, 0.2) is 60.7 Å². The Hall–Kier alpha value is -3.30. The summed E-state index contributed by atoms with van der Waals surface area (Å²) in [6.45, 7) is 5.08. The zero-order chi connectivity index (χ0) is 25.8. The van der Waals surface area contributed by atoms with Gasteiger partial charge in [0.15, 0.2) is 5.75 Å². The largest absolute Gasteiger partial charge is 0.422 e. The summed E-state index contributed by atoms with van der Waals surface area (Å²) in [4.78, 5) is 18.1. The number of aliphatic hydroxyl groups excluding tert-OH is 1. The fourth-order valence-electron chi connectivity index (χ4n) is 3.65. The number of carbonyl (C=O) groups excluding carboxylic acids is 1. The van der Waals surface area contributed by atoms with Gasteiger partial charge < -0.3 is 14.4 Å². The molecule has 0 saturated carbocycles. The number of hydrogen-bond donors (Lipinski definition) is 1. The molecule has 1 N–H and O–H groups in total. The highest BCUT2D eigenvalue weighted by molar-refractivity contribution is 7.43. The maximum Gasteiger partial charge on any atom is 0.342 e. The van der Waals surface area contributed by atoms with Crippen molar-refractivity contribution < 1.29 is 28.1 Å². The summed E-state index contributed by atoms with van der Waals surface area (Å²) >= 11 is 0. The standard InChI is InChI=1S/C27H27FNO5P/c1-6-27(18(4)30,35(32)33-5)26(31)34-25-22(17(2)3)16-23(19-10-8-7-9-11-19)29-24(25)20-12-14-21(28)15-13-20/h1,7-18,30,35H,2-5H3. The molecular weight excluding hydrogens is 468 g/mol. The Morgan fingerprint density at radius 1 is 1.11 bits per heavy atom. The number of pyridine rings is 1. The van der Waals surface area contributed by atoms with Crippen molar-refractivity contribution in [1.82, 2.24) is 4.98 Å². The normalized spacial score (nSPS) is 14.6. The van der Waals surface area contributed by atoms with Crippen molar-refractivity contribution in [2.75, 3.05) is 7.11 Å². The van der Waals surface area contributed by atoms with Crippen molar-refractivity contribution in [3.05, 3.63) is 72.0 Å². The Bertz CT molecular complexity index is 1270. The van der Waals surface area contributed by atoms with Crippen molar-refractivity contribution in [3.63, 3.8) is 0 Å². The van der Waals surface area contributed by atoms with E-state index in [0.717, 1.165) is 12.7 Å². The molecule has 3 rings (SSSR count). The van der Waals surface area contributed by atoms with Gasteiger partial charge in [-0.2, -0.15) is 0 Å². The Labute approximate surface area is 205 Å². The van der Waals surface area contributed by atoms with Crippen molar-refractivity contribution in [1.29, 1.82) is 0 Å². The first kappa shape index (κ1) is 26.3. The lowest BCUT2D eigenvalue weighted by Gasteiger charge is -2.28. The maximum atomic E-state index is 13.7. The number of carbonyl (C=O) groups is 1. The van der Waals surface area contributed by atoms with E-state index in [0.29, 0.717) is 16.8 Å².